The molecule has 0 amide bonds. The summed E-state index contributed by atoms with van der Waals surface area (Å²) in [4.78, 5) is 0. The lowest BCUT2D eigenvalue weighted by molar-refractivity contribution is -0.0226. The first-order valence-electron chi connectivity index (χ1n) is 8.09. The molecule has 5 atom stereocenters. The Labute approximate surface area is 120 Å². The normalized spacial score (nSPS) is 42.7. The Bertz CT molecular complexity index is 538. The van der Waals surface area contributed by atoms with Crippen molar-refractivity contribution >= 4 is 0 Å². The predicted molar refractivity (Wildman–Crippen MR) is 78.7 cm³/mol. The number of hydrogen-bond acceptors (Lipinski definition) is 2. The zero-order valence-electron chi connectivity index (χ0n) is 12.2. The van der Waals surface area contributed by atoms with Gasteiger partial charge in [-0.1, -0.05) is 13.0 Å². The van der Waals surface area contributed by atoms with Crippen molar-refractivity contribution in [1.82, 2.24) is 0 Å². The number of hydrogen-bond donors (Lipinski definition) is 2. The topological polar surface area (TPSA) is 40.5 Å². The summed E-state index contributed by atoms with van der Waals surface area (Å²) in [6.45, 7) is 2.31. The SMILES string of the molecule is C[C@]12CC[C@@H]3c4cc(O)ccc4CC[C@H]3[C@@H]1CC[C@@H]2O. The largest absolute Gasteiger partial charge is 0.508 e. The Balaban J connectivity index is 1.73. The van der Waals surface area contributed by atoms with Gasteiger partial charge in [0.05, 0.1) is 6.10 Å². The van der Waals surface area contributed by atoms with Crippen molar-refractivity contribution in [3.63, 3.8) is 0 Å². The first-order valence-corrected chi connectivity index (χ1v) is 8.09. The molecule has 2 heteroatoms. The van der Waals surface area contributed by atoms with Crippen LogP contribution in [0.3, 0.4) is 0 Å². The minimum atomic E-state index is -0.0981. The van der Waals surface area contributed by atoms with Crippen LogP contribution in [0.5, 0.6) is 5.75 Å². The van der Waals surface area contributed by atoms with E-state index in [9.17, 15) is 10.2 Å². The summed E-state index contributed by atoms with van der Waals surface area (Å²) in [5.74, 6) is 2.39. The van der Waals surface area contributed by atoms with Crippen molar-refractivity contribution in [2.75, 3.05) is 0 Å². The van der Waals surface area contributed by atoms with Crippen molar-refractivity contribution in [1.29, 1.82) is 0 Å². The average molecular weight is 272 g/mol. The second kappa shape index (κ2) is 4.24. The van der Waals surface area contributed by atoms with E-state index in [1.807, 2.05) is 12.1 Å². The highest BCUT2D eigenvalue weighted by Crippen LogP contribution is 2.60. The van der Waals surface area contributed by atoms with Crippen LogP contribution in [0.25, 0.3) is 0 Å². The lowest BCUT2D eigenvalue weighted by atomic mass is 9.55. The first-order chi connectivity index (χ1) is 9.59. The minimum absolute atomic E-state index is 0.0981. The van der Waals surface area contributed by atoms with Crippen LogP contribution in [-0.2, 0) is 6.42 Å². The first kappa shape index (κ1) is 12.7. The number of phenols is 1. The van der Waals surface area contributed by atoms with Gasteiger partial charge >= 0.3 is 0 Å². The summed E-state index contributed by atoms with van der Waals surface area (Å²) in [6, 6.07) is 5.93. The van der Waals surface area contributed by atoms with Gasteiger partial charge in [-0.2, -0.15) is 0 Å². The molecule has 4 rings (SSSR count). The minimum Gasteiger partial charge on any atom is -0.508 e. The van der Waals surface area contributed by atoms with Crippen LogP contribution in [0, 0.1) is 17.3 Å². The third-order valence-corrected chi connectivity index (χ3v) is 6.66. The van der Waals surface area contributed by atoms with Gasteiger partial charge in [-0.15, -0.1) is 0 Å². The standard InChI is InChI=1S/C18H24O2/c1-18-9-8-13-14(16(18)6-7-17(18)20)5-3-11-2-4-12(19)10-15(11)13/h2,4,10,13-14,16-17,19-20H,3,5-9H2,1H3/t13-,14+,16-,17-,18-/m0/s1. The maximum atomic E-state index is 10.4. The highest BCUT2D eigenvalue weighted by atomic mass is 16.3. The summed E-state index contributed by atoms with van der Waals surface area (Å²) in [5.41, 5.74) is 2.98. The molecule has 2 fully saturated rings. The van der Waals surface area contributed by atoms with Gasteiger partial charge in [-0.25, -0.2) is 0 Å². The van der Waals surface area contributed by atoms with Crippen LogP contribution < -0.4 is 0 Å². The monoisotopic (exact) mass is 272 g/mol. The lowest BCUT2D eigenvalue weighted by Gasteiger charge is -2.50. The Morgan fingerprint density at radius 1 is 1.15 bits per heavy atom. The number of benzene rings is 1. The van der Waals surface area contributed by atoms with Gasteiger partial charge in [0.25, 0.3) is 0 Å². The molecule has 1 aromatic carbocycles. The molecular formula is C18H24O2. The molecule has 1 aromatic rings. The number of phenolic OH excluding ortho intramolecular Hbond substituents is 1. The van der Waals surface area contributed by atoms with Crippen LogP contribution in [0.1, 0.15) is 56.1 Å². The van der Waals surface area contributed by atoms with Crippen LogP contribution >= 0.6 is 0 Å². The molecule has 2 saturated carbocycles. The smallest absolute Gasteiger partial charge is 0.115 e. The predicted octanol–water partition coefficient (Wildman–Crippen LogP) is 3.61. The molecule has 20 heavy (non-hydrogen) atoms. The lowest BCUT2D eigenvalue weighted by Crippen LogP contribution is -2.43. The fourth-order valence-electron chi connectivity index (χ4n) is 5.53. The molecule has 0 saturated heterocycles. The van der Waals surface area contributed by atoms with Crippen molar-refractivity contribution < 1.29 is 10.2 Å². The van der Waals surface area contributed by atoms with Crippen LogP contribution in [-0.4, -0.2) is 16.3 Å². The van der Waals surface area contributed by atoms with E-state index in [4.69, 9.17) is 0 Å². The van der Waals surface area contributed by atoms with E-state index in [-0.39, 0.29) is 11.5 Å². The van der Waals surface area contributed by atoms with E-state index >= 15 is 0 Å². The Morgan fingerprint density at radius 3 is 2.85 bits per heavy atom. The fraction of sp³-hybridized carbons (Fsp3) is 0.667. The molecular weight excluding hydrogens is 248 g/mol. The second-order valence-electron chi connectivity index (χ2n) is 7.44. The summed E-state index contributed by atoms with van der Waals surface area (Å²) < 4.78 is 0. The van der Waals surface area contributed by atoms with Gasteiger partial charge in [0.15, 0.2) is 0 Å². The van der Waals surface area contributed by atoms with E-state index in [2.05, 4.69) is 13.0 Å². The molecule has 0 radical (unpaired) electrons. The van der Waals surface area contributed by atoms with Crippen molar-refractivity contribution in [2.24, 2.45) is 17.3 Å². The molecule has 2 nitrogen and oxygen atoms in total. The molecule has 0 unspecified atom stereocenters. The van der Waals surface area contributed by atoms with E-state index in [0.717, 1.165) is 19.3 Å². The number of aryl methyl sites for hydroxylation is 1. The van der Waals surface area contributed by atoms with Crippen LogP contribution in [0.2, 0.25) is 0 Å². The zero-order chi connectivity index (χ0) is 13.9. The van der Waals surface area contributed by atoms with Crippen molar-refractivity contribution in [2.45, 2.75) is 57.5 Å². The number of aliphatic hydroxyl groups is 1. The molecule has 0 aliphatic heterocycles. The van der Waals surface area contributed by atoms with E-state index in [0.29, 0.717) is 23.5 Å². The number of aromatic hydroxyl groups is 1. The molecule has 108 valence electrons. The molecule has 0 aromatic heterocycles. The number of rotatable bonds is 0. The van der Waals surface area contributed by atoms with E-state index < -0.39 is 0 Å². The Morgan fingerprint density at radius 2 is 2.00 bits per heavy atom. The van der Waals surface area contributed by atoms with Crippen molar-refractivity contribution in [3.8, 4) is 5.75 Å². The van der Waals surface area contributed by atoms with Gasteiger partial charge in [-0.05, 0) is 85.0 Å². The highest BCUT2D eigenvalue weighted by Gasteiger charge is 2.54. The van der Waals surface area contributed by atoms with Gasteiger partial charge in [0, 0.05) is 0 Å². The second-order valence-corrected chi connectivity index (χ2v) is 7.44. The van der Waals surface area contributed by atoms with Crippen molar-refractivity contribution in [3.05, 3.63) is 29.3 Å². The van der Waals surface area contributed by atoms with Gasteiger partial charge in [0.2, 0.25) is 0 Å². The maximum absolute atomic E-state index is 10.4. The summed E-state index contributed by atoms with van der Waals surface area (Å²) in [7, 11) is 0. The molecule has 3 aliphatic rings. The van der Waals surface area contributed by atoms with Gasteiger partial charge < -0.3 is 10.2 Å². The number of aliphatic hydroxyl groups excluding tert-OH is 1. The average Bonchev–Trinajstić information content (AvgIpc) is 2.74. The Kier molecular flexibility index (Phi) is 2.69. The molecule has 2 N–H and O–H groups in total. The van der Waals surface area contributed by atoms with Gasteiger partial charge in [-0.3, -0.25) is 0 Å². The van der Waals surface area contributed by atoms with Crippen LogP contribution in [0.4, 0.5) is 0 Å². The van der Waals surface area contributed by atoms with E-state index in [1.54, 1.807) is 0 Å². The third-order valence-electron chi connectivity index (χ3n) is 6.66. The maximum Gasteiger partial charge on any atom is 0.115 e. The summed E-state index contributed by atoms with van der Waals surface area (Å²) in [6.07, 6.45) is 6.78. The summed E-state index contributed by atoms with van der Waals surface area (Å²) >= 11 is 0. The highest BCUT2D eigenvalue weighted by molar-refractivity contribution is 5.40. The molecule has 3 aliphatic carbocycles. The quantitative estimate of drug-likeness (QED) is 0.757. The van der Waals surface area contributed by atoms with Crippen LogP contribution in [0.15, 0.2) is 18.2 Å². The third kappa shape index (κ3) is 1.60. The van der Waals surface area contributed by atoms with E-state index in [1.165, 1.54) is 30.4 Å². The fourth-order valence-corrected chi connectivity index (χ4v) is 5.53. The molecule has 0 heterocycles. The van der Waals surface area contributed by atoms with Gasteiger partial charge in [0.1, 0.15) is 5.75 Å². The molecule has 0 spiro atoms. The number of fused-ring (bicyclic) bond motifs is 5. The summed E-state index contributed by atoms with van der Waals surface area (Å²) in [5, 5.41) is 20.2. The molecule has 0 bridgehead atoms. The zero-order valence-corrected chi connectivity index (χ0v) is 12.2. The Hall–Kier alpha value is -1.02.